The van der Waals surface area contributed by atoms with Gasteiger partial charge in [-0.25, -0.2) is 9.97 Å². The molecule has 0 aromatic carbocycles. The molecule has 0 amide bonds. The molecule has 0 saturated carbocycles. The number of Topliss-reactive ketones (excluding diaryl/α,β-unsaturated/α-hetero) is 1. The maximum atomic E-state index is 11.4. The van der Waals surface area contributed by atoms with Crippen molar-refractivity contribution >= 4 is 11.7 Å². The molecule has 1 aromatic heterocycles. The summed E-state index contributed by atoms with van der Waals surface area (Å²) in [5.41, 5.74) is 1.31. The van der Waals surface area contributed by atoms with E-state index < -0.39 is 0 Å². The third-order valence-electron chi connectivity index (χ3n) is 7.76. The Kier molecular flexibility index (Phi) is 7.59. The van der Waals surface area contributed by atoms with Crippen LogP contribution in [0, 0.1) is 0 Å². The van der Waals surface area contributed by atoms with Gasteiger partial charge in [-0.1, -0.05) is 6.92 Å². The van der Waals surface area contributed by atoms with Crippen LogP contribution in [-0.4, -0.2) is 76.4 Å². The number of hydrogen-bond acceptors (Lipinski definition) is 6. The number of ketones is 1. The highest BCUT2D eigenvalue weighted by Gasteiger charge is 2.41. The zero-order chi connectivity index (χ0) is 21.8. The van der Waals surface area contributed by atoms with Gasteiger partial charge in [-0.15, -0.1) is 0 Å². The van der Waals surface area contributed by atoms with Crippen molar-refractivity contribution in [3.63, 3.8) is 0 Å². The summed E-state index contributed by atoms with van der Waals surface area (Å²) in [6.45, 7) is 12.3. The molecule has 172 valence electrons. The van der Waals surface area contributed by atoms with Crippen LogP contribution in [0.15, 0.2) is 12.4 Å². The average molecular weight is 428 g/mol. The highest BCUT2D eigenvalue weighted by Crippen LogP contribution is 2.34. The summed E-state index contributed by atoms with van der Waals surface area (Å²) in [5, 5.41) is 0. The fourth-order valence-electron chi connectivity index (χ4n) is 5.68. The summed E-state index contributed by atoms with van der Waals surface area (Å²) >= 11 is 0. The van der Waals surface area contributed by atoms with Crippen LogP contribution in [0.3, 0.4) is 0 Å². The monoisotopic (exact) mass is 427 g/mol. The van der Waals surface area contributed by atoms with Crippen molar-refractivity contribution in [3.05, 3.63) is 18.0 Å². The topological polar surface area (TPSA) is 52.6 Å². The predicted octanol–water partition coefficient (Wildman–Crippen LogP) is 3.87. The lowest BCUT2D eigenvalue weighted by Crippen LogP contribution is -2.56. The van der Waals surface area contributed by atoms with Crippen molar-refractivity contribution in [1.82, 2.24) is 19.8 Å². The summed E-state index contributed by atoms with van der Waals surface area (Å²) in [5.74, 6) is 1.93. The minimum absolute atomic E-state index is 0.400. The number of hydrogen-bond donors (Lipinski definition) is 0. The first kappa shape index (κ1) is 22.7. The van der Waals surface area contributed by atoms with Crippen molar-refractivity contribution in [1.29, 1.82) is 0 Å². The molecule has 0 spiro atoms. The van der Waals surface area contributed by atoms with Crippen LogP contribution in [-0.2, 0) is 4.79 Å². The summed E-state index contributed by atoms with van der Waals surface area (Å²) in [6.07, 6.45) is 12.7. The number of likely N-dealkylation sites (tertiary alicyclic amines) is 2. The zero-order valence-electron chi connectivity index (χ0n) is 19.8. The second-order valence-corrected chi connectivity index (χ2v) is 10.1. The SMILES string of the molecule is CCC(=O)CCCCN1CCC(c2cnc(N3C4CCC3CN(C(C)C)C4)nc2)CC1. The number of piperidine rings is 1. The lowest BCUT2D eigenvalue weighted by molar-refractivity contribution is -0.118. The maximum absolute atomic E-state index is 11.4. The molecular weight excluding hydrogens is 386 g/mol. The third-order valence-corrected chi connectivity index (χ3v) is 7.76. The average Bonchev–Trinajstić information content (AvgIpc) is 3.05. The Hall–Kier alpha value is -1.53. The summed E-state index contributed by atoms with van der Waals surface area (Å²) in [7, 11) is 0. The minimum atomic E-state index is 0.400. The summed E-state index contributed by atoms with van der Waals surface area (Å²) in [4.78, 5) is 28.8. The number of piperazine rings is 1. The number of fused-ring (bicyclic) bond motifs is 2. The lowest BCUT2D eigenvalue weighted by atomic mass is 9.91. The minimum Gasteiger partial charge on any atom is -0.332 e. The van der Waals surface area contributed by atoms with Crippen molar-refractivity contribution < 1.29 is 4.79 Å². The van der Waals surface area contributed by atoms with E-state index >= 15 is 0 Å². The van der Waals surface area contributed by atoms with Gasteiger partial charge in [-0.2, -0.15) is 0 Å². The van der Waals surface area contributed by atoms with E-state index in [9.17, 15) is 4.79 Å². The van der Waals surface area contributed by atoms with Gasteiger partial charge in [0, 0.05) is 56.5 Å². The van der Waals surface area contributed by atoms with E-state index in [1.165, 1.54) is 31.2 Å². The number of carbonyl (C=O) groups is 1. The predicted molar refractivity (Wildman–Crippen MR) is 126 cm³/mol. The van der Waals surface area contributed by atoms with Gasteiger partial charge >= 0.3 is 0 Å². The molecule has 3 aliphatic rings. The second kappa shape index (κ2) is 10.4. The van der Waals surface area contributed by atoms with Crippen molar-refractivity contribution in [2.75, 3.05) is 37.6 Å². The molecule has 0 aliphatic carbocycles. The molecule has 6 heteroatoms. The molecular formula is C25H41N5O. The lowest BCUT2D eigenvalue weighted by Gasteiger charge is -2.42. The summed E-state index contributed by atoms with van der Waals surface area (Å²) in [6, 6.07) is 1.77. The Morgan fingerprint density at radius 3 is 2.26 bits per heavy atom. The van der Waals surface area contributed by atoms with Gasteiger partial charge in [0.1, 0.15) is 5.78 Å². The molecule has 3 fully saturated rings. The number of carbonyl (C=O) groups excluding carboxylic acids is 1. The fraction of sp³-hybridized carbons (Fsp3) is 0.800. The first-order chi connectivity index (χ1) is 15.0. The molecule has 4 heterocycles. The van der Waals surface area contributed by atoms with Gasteiger partial charge in [-0.3, -0.25) is 9.69 Å². The number of aromatic nitrogens is 2. The standard InChI is InChI=1S/C25H41N5O/c1-4-24(31)7-5-6-12-28-13-10-20(11-14-28)21-15-26-25(27-16-21)30-22-8-9-23(30)18-29(17-22)19(2)3/h15-16,19-20,22-23H,4-14,17-18H2,1-3H3. The van der Waals surface area contributed by atoms with Gasteiger partial charge in [0.25, 0.3) is 0 Å². The maximum Gasteiger partial charge on any atom is 0.225 e. The Labute approximate surface area is 188 Å². The first-order valence-electron chi connectivity index (χ1n) is 12.6. The molecule has 3 saturated heterocycles. The smallest absolute Gasteiger partial charge is 0.225 e. The highest BCUT2D eigenvalue weighted by molar-refractivity contribution is 5.77. The van der Waals surface area contributed by atoms with Crippen LogP contribution < -0.4 is 4.90 Å². The van der Waals surface area contributed by atoms with E-state index in [2.05, 4.69) is 40.9 Å². The molecule has 2 bridgehead atoms. The van der Waals surface area contributed by atoms with Crippen LogP contribution >= 0.6 is 0 Å². The molecule has 0 N–H and O–H groups in total. The van der Waals surface area contributed by atoms with Crippen molar-refractivity contribution in [2.45, 2.75) is 96.2 Å². The molecule has 2 atom stereocenters. The normalized spacial score (nSPS) is 25.5. The van der Waals surface area contributed by atoms with E-state index in [-0.39, 0.29) is 0 Å². The van der Waals surface area contributed by atoms with Crippen molar-refractivity contribution in [2.24, 2.45) is 0 Å². The number of anilines is 1. The summed E-state index contributed by atoms with van der Waals surface area (Å²) < 4.78 is 0. The van der Waals surface area contributed by atoms with Gasteiger partial charge in [0.05, 0.1) is 0 Å². The Morgan fingerprint density at radius 1 is 1.03 bits per heavy atom. The van der Waals surface area contributed by atoms with E-state index in [1.54, 1.807) is 0 Å². The molecule has 1 aromatic rings. The molecule has 3 aliphatic heterocycles. The van der Waals surface area contributed by atoms with Crippen LogP contribution in [0.4, 0.5) is 5.95 Å². The number of unbranched alkanes of at least 4 members (excludes halogenated alkanes) is 1. The van der Waals surface area contributed by atoms with Crippen molar-refractivity contribution in [3.8, 4) is 0 Å². The van der Waals surface area contributed by atoms with E-state index in [1.807, 2.05) is 6.92 Å². The molecule has 4 rings (SSSR count). The Morgan fingerprint density at radius 2 is 1.68 bits per heavy atom. The van der Waals surface area contributed by atoms with E-state index in [0.717, 1.165) is 57.9 Å². The van der Waals surface area contributed by atoms with Crippen LogP contribution in [0.2, 0.25) is 0 Å². The van der Waals surface area contributed by atoms with Gasteiger partial charge < -0.3 is 9.80 Å². The van der Waals surface area contributed by atoms with E-state index in [4.69, 9.17) is 9.97 Å². The largest absolute Gasteiger partial charge is 0.332 e. The number of nitrogens with zero attached hydrogens (tertiary/aromatic N) is 5. The van der Waals surface area contributed by atoms with Crippen LogP contribution in [0.1, 0.15) is 83.6 Å². The molecule has 0 radical (unpaired) electrons. The first-order valence-corrected chi connectivity index (χ1v) is 12.6. The van der Waals surface area contributed by atoms with E-state index in [0.29, 0.717) is 36.2 Å². The Bertz CT molecular complexity index is 699. The van der Waals surface area contributed by atoms with Gasteiger partial charge in [-0.05, 0) is 83.5 Å². The van der Waals surface area contributed by atoms with Gasteiger partial charge in [0.15, 0.2) is 0 Å². The second-order valence-electron chi connectivity index (χ2n) is 10.1. The number of rotatable bonds is 9. The van der Waals surface area contributed by atoms with Crippen LogP contribution in [0.25, 0.3) is 0 Å². The fourth-order valence-corrected chi connectivity index (χ4v) is 5.68. The highest BCUT2D eigenvalue weighted by atomic mass is 16.1. The quantitative estimate of drug-likeness (QED) is 0.558. The molecule has 2 unspecified atom stereocenters. The zero-order valence-corrected chi connectivity index (χ0v) is 19.8. The molecule has 31 heavy (non-hydrogen) atoms. The molecule has 6 nitrogen and oxygen atoms in total. The third kappa shape index (κ3) is 5.46. The van der Waals surface area contributed by atoms with Gasteiger partial charge in [0.2, 0.25) is 5.95 Å². The van der Waals surface area contributed by atoms with Crippen LogP contribution in [0.5, 0.6) is 0 Å². The Balaban J connectivity index is 1.25.